The second-order valence-corrected chi connectivity index (χ2v) is 6.72. The molecular formula is C20H26N4. The van der Waals surface area contributed by atoms with Crippen molar-refractivity contribution in [1.29, 1.82) is 0 Å². The molecule has 2 aromatic rings. The number of benzene rings is 1. The quantitative estimate of drug-likeness (QED) is 0.630. The zero-order valence-electron chi connectivity index (χ0n) is 14.5. The molecule has 1 heterocycles. The molecule has 0 aliphatic heterocycles. The van der Waals surface area contributed by atoms with Gasteiger partial charge < -0.3 is 11.1 Å². The van der Waals surface area contributed by atoms with Gasteiger partial charge in [-0.1, -0.05) is 31.4 Å². The fourth-order valence-corrected chi connectivity index (χ4v) is 3.46. The predicted molar refractivity (Wildman–Crippen MR) is 101 cm³/mol. The second-order valence-electron chi connectivity index (χ2n) is 6.72. The number of aliphatic imine (C=N–C) groups is 1. The molecule has 126 valence electrons. The van der Waals surface area contributed by atoms with Crippen molar-refractivity contribution in [2.24, 2.45) is 10.7 Å². The van der Waals surface area contributed by atoms with Crippen LogP contribution in [0.2, 0.25) is 0 Å². The number of pyridine rings is 1. The molecule has 1 saturated carbocycles. The van der Waals surface area contributed by atoms with E-state index >= 15 is 0 Å². The Morgan fingerprint density at radius 2 is 1.79 bits per heavy atom. The van der Waals surface area contributed by atoms with Crippen molar-refractivity contribution in [3.63, 3.8) is 0 Å². The normalized spacial score (nSPS) is 16.2. The summed E-state index contributed by atoms with van der Waals surface area (Å²) in [5.74, 6) is 1.80. The third-order valence-electron chi connectivity index (χ3n) is 4.57. The van der Waals surface area contributed by atoms with Crippen molar-refractivity contribution in [1.82, 2.24) is 4.98 Å². The van der Waals surface area contributed by atoms with Crippen LogP contribution in [0.5, 0.6) is 0 Å². The SMILES string of the molecule is Cc1cc(C)nc(NC(N)=Nc2ccc(C3CCCCC3)cc2)c1. The van der Waals surface area contributed by atoms with E-state index in [0.717, 1.165) is 22.8 Å². The van der Waals surface area contributed by atoms with Crippen LogP contribution < -0.4 is 11.1 Å². The summed E-state index contributed by atoms with van der Waals surface area (Å²) < 4.78 is 0. The van der Waals surface area contributed by atoms with Crippen LogP contribution in [0.15, 0.2) is 41.4 Å². The summed E-state index contributed by atoms with van der Waals surface area (Å²) in [6, 6.07) is 12.5. The lowest BCUT2D eigenvalue weighted by atomic mass is 9.84. The van der Waals surface area contributed by atoms with Crippen molar-refractivity contribution in [2.75, 3.05) is 5.32 Å². The Morgan fingerprint density at radius 1 is 1.08 bits per heavy atom. The van der Waals surface area contributed by atoms with Gasteiger partial charge in [0.05, 0.1) is 5.69 Å². The zero-order chi connectivity index (χ0) is 16.9. The average molecular weight is 322 g/mol. The number of guanidine groups is 1. The van der Waals surface area contributed by atoms with E-state index in [1.54, 1.807) is 0 Å². The van der Waals surface area contributed by atoms with Crippen LogP contribution in [-0.4, -0.2) is 10.9 Å². The number of aromatic nitrogens is 1. The van der Waals surface area contributed by atoms with Gasteiger partial charge in [-0.2, -0.15) is 0 Å². The van der Waals surface area contributed by atoms with Crippen molar-refractivity contribution in [2.45, 2.75) is 51.9 Å². The molecule has 0 spiro atoms. The highest BCUT2D eigenvalue weighted by Crippen LogP contribution is 2.33. The lowest BCUT2D eigenvalue weighted by Gasteiger charge is -2.21. The summed E-state index contributed by atoms with van der Waals surface area (Å²) in [5, 5.41) is 3.07. The molecule has 1 aromatic carbocycles. The first-order valence-corrected chi connectivity index (χ1v) is 8.76. The van der Waals surface area contributed by atoms with E-state index in [2.05, 4.69) is 27.4 Å². The first-order valence-electron chi connectivity index (χ1n) is 8.76. The van der Waals surface area contributed by atoms with Gasteiger partial charge in [-0.25, -0.2) is 9.98 Å². The average Bonchev–Trinajstić information content (AvgIpc) is 2.55. The van der Waals surface area contributed by atoms with Crippen molar-refractivity contribution in [3.05, 3.63) is 53.2 Å². The molecule has 1 fully saturated rings. The number of aryl methyl sites for hydroxylation is 2. The van der Waals surface area contributed by atoms with E-state index in [1.165, 1.54) is 37.7 Å². The van der Waals surface area contributed by atoms with Crippen LogP contribution in [0.4, 0.5) is 11.5 Å². The molecule has 0 saturated heterocycles. The summed E-state index contributed by atoms with van der Waals surface area (Å²) in [7, 11) is 0. The highest BCUT2D eigenvalue weighted by Gasteiger charge is 2.15. The van der Waals surface area contributed by atoms with Crippen LogP contribution in [-0.2, 0) is 0 Å². The number of nitrogens with one attached hydrogen (secondary N) is 1. The molecule has 1 aliphatic carbocycles. The molecule has 0 bridgehead atoms. The van der Waals surface area contributed by atoms with E-state index in [0.29, 0.717) is 11.9 Å². The Morgan fingerprint density at radius 3 is 2.46 bits per heavy atom. The second kappa shape index (κ2) is 7.47. The Kier molecular flexibility index (Phi) is 5.14. The van der Waals surface area contributed by atoms with Crippen LogP contribution >= 0.6 is 0 Å². The van der Waals surface area contributed by atoms with Crippen LogP contribution in [0.3, 0.4) is 0 Å². The molecule has 0 radical (unpaired) electrons. The van der Waals surface area contributed by atoms with Gasteiger partial charge in [-0.3, -0.25) is 0 Å². The van der Waals surface area contributed by atoms with Gasteiger partial charge in [0.15, 0.2) is 5.96 Å². The highest BCUT2D eigenvalue weighted by molar-refractivity contribution is 5.93. The zero-order valence-corrected chi connectivity index (χ0v) is 14.5. The number of nitrogens with zero attached hydrogens (tertiary/aromatic N) is 2. The number of hydrogen-bond acceptors (Lipinski definition) is 2. The van der Waals surface area contributed by atoms with Crippen LogP contribution in [0.25, 0.3) is 0 Å². The molecular weight excluding hydrogens is 296 g/mol. The fraction of sp³-hybridized carbons (Fsp3) is 0.400. The minimum absolute atomic E-state index is 0.359. The maximum atomic E-state index is 6.02. The fourth-order valence-electron chi connectivity index (χ4n) is 3.46. The lowest BCUT2D eigenvalue weighted by Crippen LogP contribution is -2.22. The van der Waals surface area contributed by atoms with Gasteiger partial charge in [0.2, 0.25) is 0 Å². The Labute approximate surface area is 144 Å². The predicted octanol–water partition coefficient (Wildman–Crippen LogP) is 4.80. The van der Waals surface area contributed by atoms with E-state index in [-0.39, 0.29) is 0 Å². The van der Waals surface area contributed by atoms with E-state index < -0.39 is 0 Å². The van der Waals surface area contributed by atoms with E-state index in [9.17, 15) is 0 Å². The third kappa shape index (κ3) is 4.34. The van der Waals surface area contributed by atoms with Crippen molar-refractivity contribution in [3.8, 4) is 0 Å². The number of anilines is 1. The topological polar surface area (TPSA) is 63.3 Å². The molecule has 0 atom stereocenters. The number of hydrogen-bond donors (Lipinski definition) is 2. The summed E-state index contributed by atoms with van der Waals surface area (Å²) in [6.45, 7) is 4.01. The molecule has 4 heteroatoms. The molecule has 4 nitrogen and oxygen atoms in total. The molecule has 24 heavy (non-hydrogen) atoms. The minimum Gasteiger partial charge on any atom is -0.369 e. The number of rotatable bonds is 3. The molecule has 0 amide bonds. The molecule has 3 rings (SSSR count). The van der Waals surface area contributed by atoms with Crippen molar-refractivity contribution < 1.29 is 0 Å². The summed E-state index contributed by atoms with van der Waals surface area (Å²) in [5.41, 5.74) is 10.4. The Hall–Kier alpha value is -2.36. The van der Waals surface area contributed by atoms with Gasteiger partial charge in [0, 0.05) is 5.69 Å². The summed E-state index contributed by atoms with van der Waals surface area (Å²) in [4.78, 5) is 8.86. The smallest absolute Gasteiger partial charge is 0.199 e. The van der Waals surface area contributed by atoms with Gasteiger partial charge in [-0.05, 0) is 68.0 Å². The van der Waals surface area contributed by atoms with Gasteiger partial charge in [0.25, 0.3) is 0 Å². The monoisotopic (exact) mass is 322 g/mol. The highest BCUT2D eigenvalue weighted by atomic mass is 15.1. The summed E-state index contributed by atoms with van der Waals surface area (Å²) >= 11 is 0. The van der Waals surface area contributed by atoms with Crippen LogP contribution in [0, 0.1) is 13.8 Å². The molecule has 1 aliphatic rings. The molecule has 1 aromatic heterocycles. The maximum Gasteiger partial charge on any atom is 0.199 e. The third-order valence-corrected chi connectivity index (χ3v) is 4.57. The first-order chi connectivity index (χ1) is 11.6. The van der Waals surface area contributed by atoms with Gasteiger partial charge in [0.1, 0.15) is 5.82 Å². The Bertz CT molecular complexity index is 693. The molecule has 0 unspecified atom stereocenters. The molecule has 3 N–H and O–H groups in total. The Balaban J connectivity index is 1.68. The largest absolute Gasteiger partial charge is 0.369 e. The van der Waals surface area contributed by atoms with Crippen LogP contribution in [0.1, 0.15) is 54.8 Å². The van der Waals surface area contributed by atoms with Gasteiger partial charge >= 0.3 is 0 Å². The van der Waals surface area contributed by atoms with Gasteiger partial charge in [-0.15, -0.1) is 0 Å². The van der Waals surface area contributed by atoms with Crippen molar-refractivity contribution >= 4 is 17.5 Å². The van der Waals surface area contributed by atoms with E-state index in [1.807, 2.05) is 38.1 Å². The standard InChI is InChI=1S/C20H26N4/c1-14-12-15(2)22-19(13-14)24-20(21)23-18-10-8-17(9-11-18)16-6-4-3-5-7-16/h8-13,16H,3-7H2,1-2H3,(H3,21,22,23,24). The first kappa shape index (κ1) is 16.5. The number of nitrogens with two attached hydrogens (primary N) is 1. The minimum atomic E-state index is 0.359. The summed E-state index contributed by atoms with van der Waals surface area (Å²) in [6.07, 6.45) is 6.71. The lowest BCUT2D eigenvalue weighted by molar-refractivity contribution is 0.443. The van der Waals surface area contributed by atoms with E-state index in [4.69, 9.17) is 5.73 Å². The maximum absolute atomic E-state index is 6.02.